The van der Waals surface area contributed by atoms with Crippen molar-refractivity contribution in [3.8, 4) is 0 Å². The first-order valence-corrected chi connectivity index (χ1v) is 2.98. The van der Waals surface area contributed by atoms with Crippen LogP contribution >= 0.6 is 11.6 Å². The van der Waals surface area contributed by atoms with Crippen molar-refractivity contribution >= 4 is 24.2 Å². The molecule has 1 aliphatic rings. The number of carbonyl (C=O) groups is 1. The third kappa shape index (κ3) is 1.13. The normalized spacial score (nSPS) is 24.1. The van der Waals surface area contributed by atoms with Crippen LogP contribution in [0.25, 0.3) is 0 Å². The fraction of sp³-hybridized carbons (Fsp3) is 0.500. The molecule has 0 saturated heterocycles. The molecule has 50 valence electrons. The van der Waals surface area contributed by atoms with E-state index in [2.05, 4.69) is 10.4 Å². The summed E-state index contributed by atoms with van der Waals surface area (Å²) in [5.74, 6) is 0. The van der Waals surface area contributed by atoms with Gasteiger partial charge in [0.05, 0.1) is 0 Å². The van der Waals surface area contributed by atoms with Gasteiger partial charge in [-0.1, -0.05) is 0 Å². The summed E-state index contributed by atoms with van der Waals surface area (Å²) in [6, 6.07) is 0.229. The standard InChI is InChI=1S/C4H6ClN3O/c5-2-8-4(1-9)6-3-7-8/h1,3-4H,2H2,(H,6,7). The second kappa shape index (κ2) is 2.68. The lowest BCUT2D eigenvalue weighted by molar-refractivity contribution is -0.112. The maximum Gasteiger partial charge on any atom is 0.174 e. The monoisotopic (exact) mass is 147 g/mol. The zero-order valence-electron chi connectivity index (χ0n) is 4.62. The highest BCUT2D eigenvalue weighted by molar-refractivity contribution is 6.17. The molecule has 4 nitrogen and oxygen atoms in total. The molecule has 0 aromatic heterocycles. The highest BCUT2D eigenvalue weighted by Crippen LogP contribution is 1.99. The summed E-state index contributed by atoms with van der Waals surface area (Å²) >= 11 is 5.39. The van der Waals surface area contributed by atoms with Gasteiger partial charge in [0.25, 0.3) is 0 Å². The number of hydrogen-bond acceptors (Lipinski definition) is 4. The minimum atomic E-state index is -0.373. The van der Waals surface area contributed by atoms with Crippen LogP contribution in [0.5, 0.6) is 0 Å². The molecule has 0 spiro atoms. The van der Waals surface area contributed by atoms with E-state index >= 15 is 0 Å². The fourth-order valence-electron chi connectivity index (χ4n) is 0.556. The third-order valence-electron chi connectivity index (χ3n) is 1.02. The lowest BCUT2D eigenvalue weighted by Crippen LogP contribution is -2.36. The van der Waals surface area contributed by atoms with Crippen LogP contribution in [0.3, 0.4) is 0 Å². The quantitative estimate of drug-likeness (QED) is 0.327. The first kappa shape index (κ1) is 6.35. The van der Waals surface area contributed by atoms with Gasteiger partial charge in [-0.2, -0.15) is 5.10 Å². The predicted octanol–water partition coefficient (Wildman–Crippen LogP) is -0.444. The van der Waals surface area contributed by atoms with Gasteiger partial charge in [0.2, 0.25) is 0 Å². The Kier molecular flexibility index (Phi) is 1.89. The first-order valence-electron chi connectivity index (χ1n) is 2.45. The minimum Gasteiger partial charge on any atom is -0.348 e. The van der Waals surface area contributed by atoms with Crippen LogP contribution in [-0.4, -0.2) is 29.8 Å². The van der Waals surface area contributed by atoms with Gasteiger partial charge in [0.1, 0.15) is 12.3 Å². The van der Waals surface area contributed by atoms with Gasteiger partial charge in [-0.25, -0.2) is 0 Å². The van der Waals surface area contributed by atoms with Crippen molar-refractivity contribution in [2.75, 3.05) is 6.00 Å². The second-order valence-corrected chi connectivity index (χ2v) is 1.79. The van der Waals surface area contributed by atoms with Crippen LogP contribution in [0, 0.1) is 0 Å². The summed E-state index contributed by atoms with van der Waals surface area (Å²) in [6.45, 7) is 0. The summed E-state index contributed by atoms with van der Waals surface area (Å²) < 4.78 is 0. The number of aldehydes is 1. The van der Waals surface area contributed by atoms with Gasteiger partial charge in [-0.05, 0) is 0 Å². The number of hydrazone groups is 1. The zero-order chi connectivity index (χ0) is 6.69. The van der Waals surface area contributed by atoms with E-state index in [0.29, 0.717) is 0 Å². The van der Waals surface area contributed by atoms with Gasteiger partial charge in [-0.15, -0.1) is 11.6 Å². The molecule has 5 heteroatoms. The molecule has 1 aliphatic heterocycles. The van der Waals surface area contributed by atoms with E-state index in [0.717, 1.165) is 6.29 Å². The van der Waals surface area contributed by atoms with E-state index in [1.807, 2.05) is 0 Å². The van der Waals surface area contributed by atoms with Crippen LogP contribution in [0.2, 0.25) is 0 Å². The molecule has 1 heterocycles. The molecule has 0 radical (unpaired) electrons. The number of nitrogens with zero attached hydrogens (tertiary/aromatic N) is 2. The largest absolute Gasteiger partial charge is 0.348 e. The average molecular weight is 148 g/mol. The molecule has 1 atom stereocenters. The third-order valence-corrected chi connectivity index (χ3v) is 1.27. The Balaban J connectivity index is 2.48. The molecule has 0 fully saturated rings. The maximum atomic E-state index is 10.1. The fourth-order valence-corrected chi connectivity index (χ4v) is 0.767. The van der Waals surface area contributed by atoms with Gasteiger partial charge >= 0.3 is 0 Å². The molecule has 1 rings (SSSR count). The molecular weight excluding hydrogens is 142 g/mol. The van der Waals surface area contributed by atoms with Crippen LogP contribution in [-0.2, 0) is 4.79 Å². The van der Waals surface area contributed by atoms with Crippen LogP contribution < -0.4 is 5.32 Å². The Morgan fingerprint density at radius 3 is 3.22 bits per heavy atom. The zero-order valence-corrected chi connectivity index (χ0v) is 5.38. The van der Waals surface area contributed by atoms with Gasteiger partial charge in [-0.3, -0.25) is 9.80 Å². The van der Waals surface area contributed by atoms with E-state index in [9.17, 15) is 4.79 Å². The summed E-state index contributed by atoms with van der Waals surface area (Å²) in [4.78, 5) is 10.1. The summed E-state index contributed by atoms with van der Waals surface area (Å²) in [5.41, 5.74) is 0. The Morgan fingerprint density at radius 1 is 2.00 bits per heavy atom. The molecule has 0 aromatic rings. The van der Waals surface area contributed by atoms with Crippen molar-refractivity contribution in [1.29, 1.82) is 0 Å². The number of hydrogen-bond donors (Lipinski definition) is 1. The summed E-state index contributed by atoms with van der Waals surface area (Å²) in [5, 5.41) is 7.87. The summed E-state index contributed by atoms with van der Waals surface area (Å²) in [6.07, 6.45) is 1.82. The van der Waals surface area contributed by atoms with Crippen molar-refractivity contribution in [2.45, 2.75) is 6.17 Å². The molecule has 1 unspecified atom stereocenters. The Hall–Kier alpha value is -0.770. The van der Waals surface area contributed by atoms with Gasteiger partial charge < -0.3 is 5.32 Å². The van der Waals surface area contributed by atoms with Crippen LogP contribution in [0.1, 0.15) is 0 Å². The molecule has 0 amide bonds. The molecule has 0 aromatic carbocycles. The number of alkyl halides is 1. The number of carbonyl (C=O) groups excluding carboxylic acids is 1. The Bertz CT molecular complexity index is 138. The van der Waals surface area contributed by atoms with E-state index in [4.69, 9.17) is 11.6 Å². The SMILES string of the molecule is O=CC1NC=NN1CCl. The average Bonchev–Trinajstić information content (AvgIpc) is 2.33. The van der Waals surface area contributed by atoms with E-state index in [1.165, 1.54) is 11.3 Å². The minimum absolute atomic E-state index is 0.229. The second-order valence-electron chi connectivity index (χ2n) is 1.55. The molecule has 0 aliphatic carbocycles. The topological polar surface area (TPSA) is 44.7 Å². The number of nitrogens with one attached hydrogen (secondary N) is 1. The number of halogens is 1. The first-order chi connectivity index (χ1) is 4.38. The Labute approximate surface area is 57.5 Å². The Morgan fingerprint density at radius 2 is 2.78 bits per heavy atom. The molecule has 0 bridgehead atoms. The van der Waals surface area contributed by atoms with Crippen molar-refractivity contribution in [2.24, 2.45) is 5.10 Å². The molecule has 0 saturated carbocycles. The van der Waals surface area contributed by atoms with E-state index < -0.39 is 0 Å². The smallest absolute Gasteiger partial charge is 0.174 e. The predicted molar refractivity (Wildman–Crippen MR) is 34.0 cm³/mol. The maximum absolute atomic E-state index is 10.1. The lowest BCUT2D eigenvalue weighted by Gasteiger charge is -2.13. The van der Waals surface area contributed by atoms with Crippen molar-refractivity contribution in [3.05, 3.63) is 0 Å². The van der Waals surface area contributed by atoms with Gasteiger partial charge in [0, 0.05) is 0 Å². The van der Waals surface area contributed by atoms with Crippen molar-refractivity contribution < 1.29 is 4.79 Å². The highest BCUT2D eigenvalue weighted by Gasteiger charge is 2.16. The van der Waals surface area contributed by atoms with Crippen molar-refractivity contribution in [3.63, 3.8) is 0 Å². The van der Waals surface area contributed by atoms with Crippen LogP contribution in [0.15, 0.2) is 5.10 Å². The highest BCUT2D eigenvalue weighted by atomic mass is 35.5. The van der Waals surface area contributed by atoms with Crippen LogP contribution in [0.4, 0.5) is 0 Å². The molecule has 9 heavy (non-hydrogen) atoms. The molecule has 1 N–H and O–H groups in total. The lowest BCUT2D eigenvalue weighted by atomic mass is 10.5. The van der Waals surface area contributed by atoms with Crippen molar-refractivity contribution in [1.82, 2.24) is 10.3 Å². The van der Waals surface area contributed by atoms with E-state index in [1.54, 1.807) is 0 Å². The van der Waals surface area contributed by atoms with Gasteiger partial charge in [0.15, 0.2) is 12.5 Å². The van der Waals surface area contributed by atoms with E-state index in [-0.39, 0.29) is 12.2 Å². The number of rotatable bonds is 2. The summed E-state index contributed by atoms with van der Waals surface area (Å²) in [7, 11) is 0. The molecular formula is C4H6ClN3O.